The lowest BCUT2D eigenvalue weighted by Crippen LogP contribution is -1.96. The molecule has 0 heterocycles. The molecule has 0 aliphatic carbocycles. The van der Waals surface area contributed by atoms with Crippen LogP contribution in [0.3, 0.4) is 0 Å². The van der Waals surface area contributed by atoms with Crippen LogP contribution >= 0.6 is 12.6 Å². The monoisotopic (exact) mass is 208 g/mol. The molecule has 0 fully saturated rings. The highest BCUT2D eigenvalue weighted by atomic mass is 32.1. The molecule has 0 bridgehead atoms. The highest BCUT2D eigenvalue weighted by Crippen LogP contribution is 2.12. The number of thiol groups is 1. The summed E-state index contributed by atoms with van der Waals surface area (Å²) < 4.78 is 0. The smallest absolute Gasteiger partial charge is 0.335 e. The Bertz CT molecular complexity index is 370. The van der Waals surface area contributed by atoms with Gasteiger partial charge in [-0.2, -0.15) is 12.6 Å². The van der Waals surface area contributed by atoms with Crippen LogP contribution in [-0.4, -0.2) is 16.8 Å². The molecule has 2 nitrogen and oxygen atoms in total. The molecule has 1 N–H and O–H groups in total. The van der Waals surface area contributed by atoms with Gasteiger partial charge in [-0.25, -0.2) is 4.79 Å². The van der Waals surface area contributed by atoms with Crippen molar-refractivity contribution in [2.24, 2.45) is 0 Å². The van der Waals surface area contributed by atoms with E-state index in [4.69, 9.17) is 5.11 Å². The van der Waals surface area contributed by atoms with Crippen molar-refractivity contribution in [2.75, 3.05) is 5.75 Å². The van der Waals surface area contributed by atoms with E-state index in [2.05, 4.69) is 12.6 Å². The average molecular weight is 208 g/mol. The molecule has 0 aliphatic heterocycles. The van der Waals surface area contributed by atoms with Crippen molar-refractivity contribution in [3.8, 4) is 0 Å². The Labute approximate surface area is 88.7 Å². The van der Waals surface area contributed by atoms with Crippen LogP contribution in [-0.2, 0) is 0 Å². The number of aromatic carboxylic acids is 1. The summed E-state index contributed by atoms with van der Waals surface area (Å²) in [5.41, 5.74) is 2.32. The first kappa shape index (κ1) is 10.9. The normalized spacial score (nSPS) is 10.7. The van der Waals surface area contributed by atoms with Crippen molar-refractivity contribution in [2.45, 2.75) is 6.92 Å². The summed E-state index contributed by atoms with van der Waals surface area (Å²) in [5, 5.41) is 8.75. The maximum absolute atomic E-state index is 10.6. The molecule has 0 atom stereocenters. The number of carbonyl (C=O) groups is 1. The highest BCUT2D eigenvalue weighted by molar-refractivity contribution is 7.80. The molecule has 0 radical (unpaired) electrons. The van der Waals surface area contributed by atoms with Gasteiger partial charge in [0, 0.05) is 5.75 Å². The standard InChI is InChI=1S/C11H12O2S/c1-8-7-10(11(12)13)5-4-9(8)3-2-6-14/h2-5,7,14H,6H2,1H3,(H,12,13). The topological polar surface area (TPSA) is 37.3 Å². The number of carboxylic acid groups (broad SMARTS) is 1. The Hall–Kier alpha value is -1.22. The zero-order chi connectivity index (χ0) is 10.6. The largest absolute Gasteiger partial charge is 0.478 e. The third-order valence-corrected chi connectivity index (χ3v) is 2.13. The lowest BCUT2D eigenvalue weighted by Gasteiger charge is -2.01. The second-order valence-electron chi connectivity index (χ2n) is 2.96. The van der Waals surface area contributed by atoms with Gasteiger partial charge in [0.05, 0.1) is 5.56 Å². The lowest BCUT2D eigenvalue weighted by atomic mass is 10.0. The van der Waals surface area contributed by atoms with Gasteiger partial charge in [0.15, 0.2) is 0 Å². The van der Waals surface area contributed by atoms with E-state index < -0.39 is 5.97 Å². The van der Waals surface area contributed by atoms with E-state index in [1.54, 1.807) is 18.2 Å². The van der Waals surface area contributed by atoms with Crippen molar-refractivity contribution >= 4 is 24.7 Å². The van der Waals surface area contributed by atoms with Gasteiger partial charge >= 0.3 is 5.97 Å². The summed E-state index contributed by atoms with van der Waals surface area (Å²) in [6, 6.07) is 5.08. The molecule has 0 unspecified atom stereocenters. The van der Waals surface area contributed by atoms with Crippen molar-refractivity contribution in [1.82, 2.24) is 0 Å². The van der Waals surface area contributed by atoms with E-state index in [0.29, 0.717) is 11.3 Å². The molecule has 0 saturated heterocycles. The molecular formula is C11H12O2S. The molecule has 3 heteroatoms. The number of benzene rings is 1. The first-order valence-electron chi connectivity index (χ1n) is 4.26. The third kappa shape index (κ3) is 2.64. The lowest BCUT2D eigenvalue weighted by molar-refractivity contribution is 0.0697. The molecule has 74 valence electrons. The number of hydrogen-bond acceptors (Lipinski definition) is 2. The first-order chi connectivity index (χ1) is 6.65. The fourth-order valence-electron chi connectivity index (χ4n) is 1.18. The van der Waals surface area contributed by atoms with Crippen LogP contribution < -0.4 is 0 Å². The summed E-state index contributed by atoms with van der Waals surface area (Å²) in [5.74, 6) is -0.210. The van der Waals surface area contributed by atoms with Crippen molar-refractivity contribution in [3.05, 3.63) is 41.0 Å². The second kappa shape index (κ2) is 4.86. The quantitative estimate of drug-likeness (QED) is 0.749. The second-order valence-corrected chi connectivity index (χ2v) is 3.33. The van der Waals surface area contributed by atoms with Gasteiger partial charge < -0.3 is 5.11 Å². The van der Waals surface area contributed by atoms with Crippen LogP contribution in [0.25, 0.3) is 6.08 Å². The Balaban J connectivity index is 3.01. The molecule has 0 aromatic heterocycles. The molecule has 0 saturated carbocycles. The zero-order valence-corrected chi connectivity index (χ0v) is 8.79. The highest BCUT2D eigenvalue weighted by Gasteiger charge is 2.03. The molecule has 0 amide bonds. The summed E-state index contributed by atoms with van der Waals surface area (Å²) in [4.78, 5) is 10.6. The number of carboxylic acids is 1. The Morgan fingerprint density at radius 3 is 2.79 bits per heavy atom. The predicted molar refractivity (Wildman–Crippen MR) is 61.0 cm³/mol. The molecule has 0 spiro atoms. The molecule has 1 aromatic rings. The average Bonchev–Trinajstić information content (AvgIpc) is 2.15. The molecule has 1 aromatic carbocycles. The Kier molecular flexibility index (Phi) is 3.77. The van der Waals surface area contributed by atoms with Gasteiger partial charge in [0.1, 0.15) is 0 Å². The van der Waals surface area contributed by atoms with E-state index >= 15 is 0 Å². The van der Waals surface area contributed by atoms with Crippen LogP contribution in [0.2, 0.25) is 0 Å². The minimum absolute atomic E-state index is 0.325. The van der Waals surface area contributed by atoms with Crippen LogP contribution in [0.5, 0.6) is 0 Å². The number of rotatable bonds is 3. The van der Waals surface area contributed by atoms with Gasteiger partial charge in [-0.15, -0.1) is 0 Å². The van der Waals surface area contributed by atoms with Crippen molar-refractivity contribution < 1.29 is 9.90 Å². The maximum atomic E-state index is 10.6. The van der Waals surface area contributed by atoms with Gasteiger partial charge in [-0.05, 0) is 30.2 Å². The van der Waals surface area contributed by atoms with Gasteiger partial charge in [-0.3, -0.25) is 0 Å². The van der Waals surface area contributed by atoms with Crippen LogP contribution in [0.15, 0.2) is 24.3 Å². The summed E-state index contributed by atoms with van der Waals surface area (Å²) in [7, 11) is 0. The Morgan fingerprint density at radius 1 is 1.57 bits per heavy atom. The van der Waals surface area contributed by atoms with E-state index in [-0.39, 0.29) is 0 Å². The number of aryl methyl sites for hydroxylation is 1. The van der Waals surface area contributed by atoms with Gasteiger partial charge in [0.2, 0.25) is 0 Å². The summed E-state index contributed by atoms with van der Waals surface area (Å²) in [6.07, 6.45) is 3.86. The van der Waals surface area contributed by atoms with Gasteiger partial charge in [-0.1, -0.05) is 18.2 Å². The minimum atomic E-state index is -0.891. The van der Waals surface area contributed by atoms with Crippen LogP contribution in [0.1, 0.15) is 21.5 Å². The van der Waals surface area contributed by atoms with E-state index in [1.165, 1.54) is 0 Å². The van der Waals surface area contributed by atoms with E-state index in [0.717, 1.165) is 11.1 Å². The van der Waals surface area contributed by atoms with Crippen molar-refractivity contribution in [3.63, 3.8) is 0 Å². The molecule has 1 rings (SSSR count). The third-order valence-electron chi connectivity index (χ3n) is 1.92. The van der Waals surface area contributed by atoms with Crippen molar-refractivity contribution in [1.29, 1.82) is 0 Å². The molecular weight excluding hydrogens is 196 g/mol. The van der Waals surface area contributed by atoms with E-state index in [9.17, 15) is 4.79 Å². The number of hydrogen-bond donors (Lipinski definition) is 2. The SMILES string of the molecule is Cc1cc(C(=O)O)ccc1C=CCS. The fraction of sp³-hybridized carbons (Fsp3) is 0.182. The van der Waals surface area contributed by atoms with E-state index in [1.807, 2.05) is 19.1 Å². The molecule has 14 heavy (non-hydrogen) atoms. The maximum Gasteiger partial charge on any atom is 0.335 e. The van der Waals surface area contributed by atoms with Gasteiger partial charge in [0.25, 0.3) is 0 Å². The van der Waals surface area contributed by atoms with Crippen LogP contribution in [0.4, 0.5) is 0 Å². The molecule has 0 aliphatic rings. The summed E-state index contributed by atoms with van der Waals surface area (Å²) >= 11 is 4.06. The zero-order valence-electron chi connectivity index (χ0n) is 7.90. The minimum Gasteiger partial charge on any atom is -0.478 e. The Morgan fingerprint density at radius 2 is 2.29 bits per heavy atom. The predicted octanol–water partition coefficient (Wildman–Crippen LogP) is 2.64. The fourth-order valence-corrected chi connectivity index (χ4v) is 1.28. The van der Waals surface area contributed by atoms with Crippen LogP contribution in [0, 0.1) is 6.92 Å². The summed E-state index contributed by atoms with van der Waals surface area (Å²) in [6.45, 7) is 1.89. The first-order valence-corrected chi connectivity index (χ1v) is 4.89.